The van der Waals surface area contributed by atoms with Gasteiger partial charge in [0.15, 0.2) is 11.5 Å². The van der Waals surface area contributed by atoms with Crippen LogP contribution in [0.25, 0.3) is 17.0 Å². The smallest absolute Gasteiger partial charge is 0.293 e. The molecule has 1 saturated heterocycles. The van der Waals surface area contributed by atoms with E-state index in [0.29, 0.717) is 35.1 Å². The molecule has 3 heterocycles. The number of nitrogens with zero attached hydrogens (tertiary/aromatic N) is 2. The van der Waals surface area contributed by atoms with Crippen molar-refractivity contribution in [3.8, 4) is 11.5 Å². The molecule has 2 aliphatic rings. The van der Waals surface area contributed by atoms with E-state index in [1.165, 1.54) is 4.90 Å². The monoisotopic (exact) mass is 539 g/mol. The number of amides is 3. The fraction of sp³-hybridized carbons (Fsp3) is 0.167. The predicted octanol–water partition coefficient (Wildman–Crippen LogP) is 5.60. The van der Waals surface area contributed by atoms with E-state index in [0.717, 1.165) is 39.5 Å². The summed E-state index contributed by atoms with van der Waals surface area (Å²) in [5, 5.41) is 3.55. The fourth-order valence-electron chi connectivity index (χ4n) is 4.87. The van der Waals surface area contributed by atoms with Crippen LogP contribution in [-0.4, -0.2) is 39.9 Å². The van der Waals surface area contributed by atoms with Gasteiger partial charge in [0.05, 0.1) is 4.91 Å². The third-order valence-corrected chi connectivity index (χ3v) is 7.76. The Morgan fingerprint density at radius 1 is 1.00 bits per heavy atom. The molecule has 9 heteroatoms. The summed E-state index contributed by atoms with van der Waals surface area (Å²) in [5.74, 6) is 0.744. The third kappa shape index (κ3) is 4.88. The quantitative estimate of drug-likeness (QED) is 0.308. The second-order valence-corrected chi connectivity index (χ2v) is 10.3. The van der Waals surface area contributed by atoms with Gasteiger partial charge in [-0.05, 0) is 54.9 Å². The van der Waals surface area contributed by atoms with E-state index in [9.17, 15) is 14.4 Å². The molecule has 1 N–H and O–H groups in total. The van der Waals surface area contributed by atoms with Crippen molar-refractivity contribution < 1.29 is 23.9 Å². The number of nitrogens with one attached hydrogen (secondary N) is 1. The van der Waals surface area contributed by atoms with E-state index < -0.39 is 0 Å². The van der Waals surface area contributed by atoms with Gasteiger partial charge in [0, 0.05) is 40.5 Å². The number of rotatable bonds is 7. The van der Waals surface area contributed by atoms with Crippen LogP contribution >= 0.6 is 11.8 Å². The van der Waals surface area contributed by atoms with Crippen molar-refractivity contribution >= 4 is 51.5 Å². The Kier molecular flexibility index (Phi) is 6.58. The minimum atomic E-state index is -0.294. The first kappa shape index (κ1) is 24.8. The number of hydrogen-bond acceptors (Lipinski definition) is 6. The highest BCUT2D eigenvalue weighted by Gasteiger charge is 2.35. The minimum absolute atomic E-state index is 0.0766. The van der Waals surface area contributed by atoms with Gasteiger partial charge < -0.3 is 19.4 Å². The molecule has 0 bridgehead atoms. The molecule has 0 aliphatic carbocycles. The molecular formula is C30H25N3O5S. The fourth-order valence-corrected chi connectivity index (χ4v) is 5.72. The molecule has 1 fully saturated rings. The van der Waals surface area contributed by atoms with Gasteiger partial charge in [0.25, 0.3) is 11.1 Å². The molecule has 8 nitrogen and oxygen atoms in total. The van der Waals surface area contributed by atoms with Crippen molar-refractivity contribution in [1.29, 1.82) is 0 Å². The van der Waals surface area contributed by atoms with Crippen LogP contribution in [0.5, 0.6) is 11.5 Å². The lowest BCUT2D eigenvalue weighted by atomic mass is 10.1. The summed E-state index contributed by atoms with van der Waals surface area (Å²) in [6, 6.07) is 22.8. The van der Waals surface area contributed by atoms with Crippen molar-refractivity contribution in [2.24, 2.45) is 0 Å². The van der Waals surface area contributed by atoms with Crippen LogP contribution in [0.1, 0.15) is 16.8 Å². The van der Waals surface area contributed by atoms with E-state index in [4.69, 9.17) is 9.47 Å². The van der Waals surface area contributed by atoms with Gasteiger partial charge in [-0.25, -0.2) is 0 Å². The first-order valence-corrected chi connectivity index (χ1v) is 13.4. The average molecular weight is 540 g/mol. The zero-order valence-electron chi connectivity index (χ0n) is 21.2. The predicted molar refractivity (Wildman–Crippen MR) is 151 cm³/mol. The summed E-state index contributed by atoms with van der Waals surface area (Å²) in [6.45, 7) is 2.48. The summed E-state index contributed by atoms with van der Waals surface area (Å²) in [5.41, 5.74) is 4.19. The zero-order valence-corrected chi connectivity index (χ0v) is 22.0. The maximum atomic E-state index is 13.2. The number of aromatic nitrogens is 1. The van der Waals surface area contributed by atoms with Gasteiger partial charge in [-0.2, -0.15) is 0 Å². The Labute approximate surface area is 229 Å². The summed E-state index contributed by atoms with van der Waals surface area (Å²) >= 11 is 0.952. The van der Waals surface area contributed by atoms with Crippen molar-refractivity contribution in [3.63, 3.8) is 0 Å². The Hall–Kier alpha value is -4.50. The molecule has 3 aromatic carbocycles. The number of imide groups is 1. The molecule has 0 unspecified atom stereocenters. The van der Waals surface area contributed by atoms with E-state index in [1.54, 1.807) is 24.3 Å². The highest BCUT2D eigenvalue weighted by atomic mass is 32.2. The van der Waals surface area contributed by atoms with Crippen molar-refractivity contribution in [2.75, 3.05) is 18.7 Å². The highest BCUT2D eigenvalue weighted by molar-refractivity contribution is 8.18. The first-order chi connectivity index (χ1) is 19.0. The summed E-state index contributed by atoms with van der Waals surface area (Å²) in [7, 11) is 0. The number of carbonyl (C=O) groups is 3. The van der Waals surface area contributed by atoms with Crippen LogP contribution in [0.15, 0.2) is 77.7 Å². The van der Waals surface area contributed by atoms with Gasteiger partial charge in [0.1, 0.15) is 6.54 Å². The zero-order chi connectivity index (χ0) is 26.9. The number of carbonyl (C=O) groups excluding carboxylic acids is 3. The number of fused-ring (bicyclic) bond motifs is 2. The molecule has 6 rings (SSSR count). The number of benzene rings is 3. The van der Waals surface area contributed by atoms with Gasteiger partial charge >= 0.3 is 0 Å². The Balaban J connectivity index is 1.24. The maximum absolute atomic E-state index is 13.2. The summed E-state index contributed by atoms with van der Waals surface area (Å²) < 4.78 is 12.7. The van der Waals surface area contributed by atoms with Crippen molar-refractivity contribution in [1.82, 2.24) is 9.47 Å². The molecule has 0 atom stereocenters. The standard InChI is InChI=1S/C30H25N3O5S/c1-19-23(16-27-29(35)32(30(36)39-27)14-13-20-7-3-2-4-8-20)22-9-5-6-10-24(22)33(19)17-28(34)31-21-11-12-25-26(15-21)38-18-37-25/h2-12,15-16H,13-14,17-18H2,1H3,(H,31,34)/b27-16-. The molecule has 39 heavy (non-hydrogen) atoms. The third-order valence-electron chi connectivity index (χ3n) is 6.85. The molecule has 4 aromatic rings. The Morgan fingerprint density at radius 2 is 1.77 bits per heavy atom. The molecule has 0 spiro atoms. The second-order valence-electron chi connectivity index (χ2n) is 9.29. The lowest BCUT2D eigenvalue weighted by Crippen LogP contribution is -2.30. The van der Waals surface area contributed by atoms with Crippen LogP contribution in [0.2, 0.25) is 0 Å². The SMILES string of the molecule is Cc1c(/C=C2\SC(=O)N(CCc3ccccc3)C2=O)c2ccccc2n1CC(=O)Nc1ccc2c(c1)OCO2. The number of hydrogen-bond donors (Lipinski definition) is 1. The van der Waals surface area contributed by atoms with E-state index in [2.05, 4.69) is 5.32 Å². The van der Waals surface area contributed by atoms with Gasteiger partial charge in [-0.15, -0.1) is 0 Å². The molecule has 3 amide bonds. The number of anilines is 1. The molecule has 196 valence electrons. The molecular weight excluding hydrogens is 514 g/mol. The van der Waals surface area contributed by atoms with Crippen molar-refractivity contribution in [2.45, 2.75) is 19.9 Å². The normalized spacial score (nSPS) is 15.5. The molecule has 0 saturated carbocycles. The van der Waals surface area contributed by atoms with Crippen LogP contribution in [0.4, 0.5) is 10.5 Å². The number of thioether (sulfide) groups is 1. The van der Waals surface area contributed by atoms with Crippen LogP contribution < -0.4 is 14.8 Å². The van der Waals surface area contributed by atoms with E-state index in [1.807, 2.05) is 66.1 Å². The summed E-state index contributed by atoms with van der Waals surface area (Å²) in [4.78, 5) is 40.6. The lowest BCUT2D eigenvalue weighted by Gasteiger charge is -2.12. The number of ether oxygens (including phenoxy) is 2. The largest absolute Gasteiger partial charge is 0.454 e. The van der Waals surface area contributed by atoms with Crippen LogP contribution in [0, 0.1) is 6.92 Å². The van der Waals surface area contributed by atoms with Gasteiger partial charge in [-0.3, -0.25) is 19.3 Å². The Morgan fingerprint density at radius 3 is 2.62 bits per heavy atom. The Bertz CT molecular complexity index is 1640. The molecule has 2 aliphatic heterocycles. The van der Waals surface area contributed by atoms with Gasteiger partial charge in [0.2, 0.25) is 12.7 Å². The summed E-state index contributed by atoms with van der Waals surface area (Å²) in [6.07, 6.45) is 2.38. The van der Waals surface area contributed by atoms with E-state index in [-0.39, 0.29) is 30.4 Å². The van der Waals surface area contributed by atoms with Crippen molar-refractivity contribution in [3.05, 3.63) is 94.5 Å². The maximum Gasteiger partial charge on any atom is 0.293 e. The van der Waals surface area contributed by atoms with Crippen LogP contribution in [-0.2, 0) is 22.6 Å². The molecule has 1 aromatic heterocycles. The van der Waals surface area contributed by atoms with E-state index >= 15 is 0 Å². The van der Waals surface area contributed by atoms with Crippen LogP contribution in [0.3, 0.4) is 0 Å². The average Bonchev–Trinajstić information content (AvgIpc) is 3.59. The van der Waals surface area contributed by atoms with Gasteiger partial charge in [-0.1, -0.05) is 48.5 Å². The molecule has 0 radical (unpaired) electrons. The lowest BCUT2D eigenvalue weighted by molar-refractivity contribution is -0.122. The highest BCUT2D eigenvalue weighted by Crippen LogP contribution is 2.36. The minimum Gasteiger partial charge on any atom is -0.454 e. The topological polar surface area (TPSA) is 89.9 Å². The number of para-hydroxylation sites is 1. The first-order valence-electron chi connectivity index (χ1n) is 12.5. The second kappa shape index (κ2) is 10.3.